The molecule has 0 fully saturated rings. The van der Waals surface area contributed by atoms with Gasteiger partial charge in [0.15, 0.2) is 11.6 Å². The minimum absolute atomic E-state index is 0.110. The van der Waals surface area contributed by atoms with E-state index in [9.17, 15) is 8.78 Å². The topological polar surface area (TPSA) is 37.8 Å². The maximum absolute atomic E-state index is 13.6. The van der Waals surface area contributed by atoms with Crippen molar-refractivity contribution in [1.29, 1.82) is 0 Å². The molecular formula is C12H10BrF2N3. The molecule has 2 aromatic rings. The number of nitrogens with zero attached hydrogens (tertiary/aromatic N) is 2. The van der Waals surface area contributed by atoms with E-state index in [1.54, 1.807) is 13.0 Å². The summed E-state index contributed by atoms with van der Waals surface area (Å²) in [6.07, 6.45) is 1.28. The van der Waals surface area contributed by atoms with E-state index in [2.05, 4.69) is 31.2 Å². The largest absolute Gasteiger partial charge is 0.363 e. The van der Waals surface area contributed by atoms with Crippen LogP contribution in [0.1, 0.15) is 11.3 Å². The standard InChI is InChI=1S/C12H10BrF2N3/c1-7-11(15)12(18-6-17-7)16-5-8-4-9(14)2-3-10(8)13/h2-4,6H,5H2,1H3,(H,16,17,18). The maximum atomic E-state index is 13.6. The van der Waals surface area contributed by atoms with E-state index in [1.165, 1.54) is 18.5 Å². The summed E-state index contributed by atoms with van der Waals surface area (Å²) in [6, 6.07) is 4.33. The van der Waals surface area contributed by atoms with E-state index in [0.29, 0.717) is 5.56 Å². The zero-order chi connectivity index (χ0) is 13.1. The lowest BCUT2D eigenvalue weighted by atomic mass is 10.2. The minimum Gasteiger partial charge on any atom is -0.363 e. The van der Waals surface area contributed by atoms with Crippen LogP contribution in [0, 0.1) is 18.6 Å². The summed E-state index contributed by atoms with van der Waals surface area (Å²) >= 11 is 3.30. The van der Waals surface area contributed by atoms with E-state index < -0.39 is 5.82 Å². The fourth-order valence-electron chi connectivity index (χ4n) is 1.44. The molecular weight excluding hydrogens is 304 g/mol. The third-order valence-corrected chi connectivity index (χ3v) is 3.19. The molecule has 0 saturated heterocycles. The van der Waals surface area contributed by atoms with Crippen molar-refractivity contribution in [3.8, 4) is 0 Å². The second kappa shape index (κ2) is 5.39. The number of hydrogen-bond acceptors (Lipinski definition) is 3. The van der Waals surface area contributed by atoms with Crippen LogP contribution in [0.4, 0.5) is 14.6 Å². The first-order chi connectivity index (χ1) is 8.58. The Kier molecular flexibility index (Phi) is 3.86. The molecule has 1 heterocycles. The van der Waals surface area contributed by atoms with Crippen LogP contribution in [0.15, 0.2) is 29.0 Å². The molecule has 0 aliphatic carbocycles. The van der Waals surface area contributed by atoms with Crippen molar-refractivity contribution in [2.75, 3.05) is 5.32 Å². The monoisotopic (exact) mass is 313 g/mol. The number of rotatable bonds is 3. The second-order valence-corrected chi connectivity index (χ2v) is 4.57. The van der Waals surface area contributed by atoms with Gasteiger partial charge in [-0.15, -0.1) is 0 Å². The Balaban J connectivity index is 2.16. The molecule has 0 saturated carbocycles. The van der Waals surface area contributed by atoms with Crippen molar-refractivity contribution in [1.82, 2.24) is 9.97 Å². The van der Waals surface area contributed by atoms with Crippen molar-refractivity contribution in [2.45, 2.75) is 13.5 Å². The normalized spacial score (nSPS) is 10.4. The number of aromatic nitrogens is 2. The highest BCUT2D eigenvalue weighted by Gasteiger charge is 2.08. The Labute approximate surface area is 111 Å². The molecule has 1 aromatic carbocycles. The predicted molar refractivity (Wildman–Crippen MR) is 68.2 cm³/mol. The fraction of sp³-hybridized carbons (Fsp3) is 0.167. The Morgan fingerprint density at radius 2 is 2.06 bits per heavy atom. The smallest absolute Gasteiger partial charge is 0.186 e. The van der Waals surface area contributed by atoms with Gasteiger partial charge in [0.25, 0.3) is 0 Å². The molecule has 18 heavy (non-hydrogen) atoms. The van der Waals surface area contributed by atoms with Crippen molar-refractivity contribution in [3.63, 3.8) is 0 Å². The minimum atomic E-state index is -0.495. The van der Waals surface area contributed by atoms with Gasteiger partial charge in [0.2, 0.25) is 0 Å². The Morgan fingerprint density at radius 1 is 1.28 bits per heavy atom. The maximum Gasteiger partial charge on any atom is 0.186 e. The van der Waals surface area contributed by atoms with Gasteiger partial charge < -0.3 is 5.32 Å². The van der Waals surface area contributed by atoms with Gasteiger partial charge >= 0.3 is 0 Å². The van der Waals surface area contributed by atoms with Crippen LogP contribution in [0.2, 0.25) is 0 Å². The van der Waals surface area contributed by atoms with Gasteiger partial charge in [0.05, 0.1) is 5.69 Å². The highest BCUT2D eigenvalue weighted by Crippen LogP contribution is 2.20. The zero-order valence-electron chi connectivity index (χ0n) is 9.54. The zero-order valence-corrected chi connectivity index (χ0v) is 11.1. The van der Waals surface area contributed by atoms with Gasteiger partial charge in [-0.1, -0.05) is 15.9 Å². The van der Waals surface area contributed by atoms with Crippen molar-refractivity contribution >= 4 is 21.7 Å². The SMILES string of the molecule is Cc1ncnc(NCc2cc(F)ccc2Br)c1F. The molecule has 3 nitrogen and oxygen atoms in total. The number of nitrogens with one attached hydrogen (secondary N) is 1. The molecule has 0 aliphatic rings. The van der Waals surface area contributed by atoms with Crippen molar-refractivity contribution < 1.29 is 8.78 Å². The van der Waals surface area contributed by atoms with E-state index in [-0.39, 0.29) is 23.9 Å². The Bertz CT molecular complexity index is 573. The average Bonchev–Trinajstić information content (AvgIpc) is 2.35. The summed E-state index contributed by atoms with van der Waals surface area (Å²) in [5, 5.41) is 2.82. The molecule has 0 atom stereocenters. The summed E-state index contributed by atoms with van der Waals surface area (Å²) in [6.45, 7) is 1.83. The molecule has 0 unspecified atom stereocenters. The van der Waals surface area contributed by atoms with Gasteiger partial charge in [-0.3, -0.25) is 0 Å². The van der Waals surface area contributed by atoms with Crippen molar-refractivity contribution in [3.05, 3.63) is 51.9 Å². The molecule has 0 radical (unpaired) electrons. The molecule has 0 bridgehead atoms. The van der Waals surface area contributed by atoms with Crippen LogP contribution in [0.3, 0.4) is 0 Å². The van der Waals surface area contributed by atoms with Crippen LogP contribution in [-0.4, -0.2) is 9.97 Å². The average molecular weight is 314 g/mol. The molecule has 1 N–H and O–H groups in total. The van der Waals surface area contributed by atoms with Crippen molar-refractivity contribution in [2.24, 2.45) is 0 Å². The van der Waals surface area contributed by atoms with Gasteiger partial charge in [0, 0.05) is 11.0 Å². The highest BCUT2D eigenvalue weighted by molar-refractivity contribution is 9.10. The molecule has 2 rings (SSSR count). The lowest BCUT2D eigenvalue weighted by molar-refractivity contribution is 0.604. The molecule has 0 spiro atoms. The molecule has 1 aromatic heterocycles. The number of benzene rings is 1. The number of anilines is 1. The number of hydrogen-bond donors (Lipinski definition) is 1. The van der Waals surface area contributed by atoms with E-state index in [0.717, 1.165) is 4.47 Å². The lowest BCUT2D eigenvalue weighted by Gasteiger charge is -2.09. The van der Waals surface area contributed by atoms with E-state index >= 15 is 0 Å². The molecule has 6 heteroatoms. The molecule has 0 aliphatic heterocycles. The Hall–Kier alpha value is -1.56. The first-order valence-electron chi connectivity index (χ1n) is 5.23. The van der Waals surface area contributed by atoms with Crippen LogP contribution >= 0.6 is 15.9 Å². The Morgan fingerprint density at radius 3 is 2.83 bits per heavy atom. The van der Waals surface area contributed by atoms with Gasteiger partial charge in [-0.2, -0.15) is 0 Å². The number of halogens is 3. The summed E-state index contributed by atoms with van der Waals surface area (Å²) < 4.78 is 27.4. The third-order valence-electron chi connectivity index (χ3n) is 2.42. The van der Waals surface area contributed by atoms with Gasteiger partial charge in [0.1, 0.15) is 12.1 Å². The molecule has 0 amide bonds. The van der Waals surface area contributed by atoms with Crippen LogP contribution in [0.25, 0.3) is 0 Å². The highest BCUT2D eigenvalue weighted by atomic mass is 79.9. The summed E-state index contributed by atoms with van der Waals surface area (Å²) in [7, 11) is 0. The second-order valence-electron chi connectivity index (χ2n) is 3.71. The molecule has 94 valence electrons. The summed E-state index contributed by atoms with van der Waals surface area (Å²) in [4.78, 5) is 7.53. The lowest BCUT2D eigenvalue weighted by Crippen LogP contribution is -2.06. The quantitative estimate of drug-likeness (QED) is 0.943. The summed E-state index contributed by atoms with van der Waals surface area (Å²) in [5.41, 5.74) is 0.955. The third kappa shape index (κ3) is 2.81. The van der Waals surface area contributed by atoms with Crippen LogP contribution in [-0.2, 0) is 6.54 Å². The summed E-state index contributed by atoms with van der Waals surface area (Å²) in [5.74, 6) is -0.724. The number of aryl methyl sites for hydroxylation is 1. The van der Waals surface area contributed by atoms with Gasteiger partial charge in [-0.25, -0.2) is 18.7 Å². The van der Waals surface area contributed by atoms with E-state index in [4.69, 9.17) is 0 Å². The van der Waals surface area contributed by atoms with Gasteiger partial charge in [-0.05, 0) is 30.7 Å². The predicted octanol–water partition coefficient (Wildman–Crippen LogP) is 3.44. The fourth-order valence-corrected chi connectivity index (χ4v) is 1.83. The van der Waals surface area contributed by atoms with Crippen LogP contribution in [0.5, 0.6) is 0 Å². The first-order valence-corrected chi connectivity index (χ1v) is 6.02. The van der Waals surface area contributed by atoms with E-state index in [1.807, 2.05) is 0 Å². The van der Waals surface area contributed by atoms with Crippen LogP contribution < -0.4 is 5.32 Å². The first kappa shape index (κ1) is 12.9.